The average Bonchev–Trinajstić information content (AvgIpc) is 3.18. The van der Waals surface area contributed by atoms with Gasteiger partial charge in [0.05, 0.1) is 44.4 Å². The Kier molecular flexibility index (Phi) is 13.0. The molecule has 4 aromatic rings. The van der Waals surface area contributed by atoms with Gasteiger partial charge in [-0.2, -0.15) is 0 Å². The van der Waals surface area contributed by atoms with E-state index in [1.807, 2.05) is 60.7 Å². The first kappa shape index (κ1) is 37.8. The number of para-hydroxylation sites is 2. The molecule has 1 fully saturated rings. The number of anilines is 3. The van der Waals surface area contributed by atoms with Gasteiger partial charge in [-0.25, -0.2) is 0 Å². The SMILES string of the molecule is COc1cc2c(cc1OC)CN(C[C@@H]1C[C@H](c3ccc(CO)cc3)O[C@H](c3cccc(NC(=O)CCCCCC(=O)Nc4ccccc4N)c3)O1)CC2. The molecule has 2 heterocycles. The standard InChI is InChI=1S/C42H50N4O7/c1-50-38-22-30-19-20-46(25-32(30)23-39(38)51-2)26-34-24-37(29-17-15-28(27-47)16-18-29)53-42(52-34)31-9-8-10-33(21-31)44-40(48)13-4-3-5-14-41(49)45-36-12-7-6-11-35(36)43/h6-12,15-18,21-23,34,37,42,47H,3-5,13-14,19-20,24-27,43H2,1-2H3,(H,44,48)(H,45,49)/t34-,37+,42+/m0/s1. The average molecular weight is 723 g/mol. The molecule has 1 saturated heterocycles. The second-order valence-corrected chi connectivity index (χ2v) is 13.7. The first-order valence-corrected chi connectivity index (χ1v) is 18.3. The van der Waals surface area contributed by atoms with Gasteiger partial charge in [0.25, 0.3) is 0 Å². The number of nitrogens with one attached hydrogen (secondary N) is 2. The van der Waals surface area contributed by atoms with E-state index < -0.39 is 6.29 Å². The smallest absolute Gasteiger partial charge is 0.224 e. The lowest BCUT2D eigenvalue weighted by atomic mass is 9.97. The van der Waals surface area contributed by atoms with Crippen LogP contribution in [0.25, 0.3) is 0 Å². The molecule has 0 aromatic heterocycles. The summed E-state index contributed by atoms with van der Waals surface area (Å²) in [6, 6.07) is 26.8. The van der Waals surface area contributed by atoms with E-state index in [0.29, 0.717) is 49.2 Å². The summed E-state index contributed by atoms with van der Waals surface area (Å²) >= 11 is 0. The molecule has 4 aromatic carbocycles. The van der Waals surface area contributed by atoms with Gasteiger partial charge >= 0.3 is 0 Å². The third-order valence-electron chi connectivity index (χ3n) is 9.86. The summed E-state index contributed by atoms with van der Waals surface area (Å²) in [4.78, 5) is 27.6. The molecule has 3 atom stereocenters. The topological polar surface area (TPSA) is 145 Å². The Labute approximate surface area is 311 Å². The number of ether oxygens (including phenoxy) is 4. The van der Waals surface area contributed by atoms with Crippen LogP contribution < -0.4 is 25.8 Å². The molecule has 0 radical (unpaired) electrons. The minimum Gasteiger partial charge on any atom is -0.493 e. The minimum absolute atomic E-state index is 0.0202. The number of nitrogens with two attached hydrogens (primary N) is 1. The molecule has 0 saturated carbocycles. The van der Waals surface area contributed by atoms with Crippen molar-refractivity contribution in [1.82, 2.24) is 4.90 Å². The van der Waals surface area contributed by atoms with Crippen molar-refractivity contribution in [2.75, 3.05) is 43.7 Å². The largest absolute Gasteiger partial charge is 0.493 e. The summed E-state index contributed by atoms with van der Waals surface area (Å²) in [5, 5.41) is 15.5. The van der Waals surface area contributed by atoms with E-state index in [1.54, 1.807) is 26.4 Å². The Bertz CT molecular complexity index is 1850. The van der Waals surface area contributed by atoms with Crippen LogP contribution in [-0.4, -0.2) is 55.2 Å². The predicted octanol–water partition coefficient (Wildman–Crippen LogP) is 6.91. The molecule has 6 rings (SSSR count). The number of carbonyl (C=O) groups is 2. The van der Waals surface area contributed by atoms with Gasteiger partial charge in [-0.15, -0.1) is 0 Å². The third kappa shape index (κ3) is 10.1. The molecule has 280 valence electrons. The fraction of sp³-hybridized carbons (Fsp3) is 0.381. The monoisotopic (exact) mass is 722 g/mol. The molecule has 11 heteroatoms. The number of fused-ring (bicyclic) bond motifs is 1. The Morgan fingerprint density at radius 2 is 1.55 bits per heavy atom. The highest BCUT2D eigenvalue weighted by Crippen LogP contribution is 2.40. The van der Waals surface area contributed by atoms with Crippen LogP contribution in [0, 0.1) is 0 Å². The number of nitrogens with zero attached hydrogens (tertiary/aromatic N) is 1. The molecule has 2 amide bonds. The van der Waals surface area contributed by atoms with Gasteiger partial charge in [-0.05, 0) is 77.9 Å². The molecule has 0 unspecified atom stereocenters. The van der Waals surface area contributed by atoms with Gasteiger partial charge in [0, 0.05) is 50.1 Å². The number of carbonyl (C=O) groups excluding carboxylic acids is 2. The van der Waals surface area contributed by atoms with Gasteiger partial charge in [0.1, 0.15) is 0 Å². The number of unbranched alkanes of at least 4 members (excludes halogenated alkanes) is 2. The molecule has 5 N–H and O–H groups in total. The Morgan fingerprint density at radius 1 is 0.830 bits per heavy atom. The van der Waals surface area contributed by atoms with E-state index in [1.165, 1.54) is 11.1 Å². The number of amides is 2. The lowest BCUT2D eigenvalue weighted by Gasteiger charge is -2.39. The highest BCUT2D eigenvalue weighted by Gasteiger charge is 2.34. The van der Waals surface area contributed by atoms with E-state index in [2.05, 4.69) is 27.7 Å². The van der Waals surface area contributed by atoms with Gasteiger partial charge in [-0.3, -0.25) is 14.5 Å². The zero-order chi connectivity index (χ0) is 37.2. The van der Waals surface area contributed by atoms with Gasteiger partial charge in [0.2, 0.25) is 11.8 Å². The van der Waals surface area contributed by atoms with Crippen LogP contribution in [0.3, 0.4) is 0 Å². The molecule has 0 bridgehead atoms. The second-order valence-electron chi connectivity index (χ2n) is 13.7. The maximum Gasteiger partial charge on any atom is 0.224 e. The Hall–Kier alpha value is -4.94. The van der Waals surface area contributed by atoms with Crippen LogP contribution in [-0.2, 0) is 38.6 Å². The summed E-state index contributed by atoms with van der Waals surface area (Å²) in [5.41, 5.74) is 12.9. The maximum absolute atomic E-state index is 12.9. The number of nitrogen functional groups attached to an aromatic ring is 1. The van der Waals surface area contributed by atoms with Crippen molar-refractivity contribution in [2.24, 2.45) is 0 Å². The second kappa shape index (κ2) is 18.2. The van der Waals surface area contributed by atoms with Crippen LogP contribution in [0.4, 0.5) is 17.1 Å². The quantitative estimate of drug-likeness (QED) is 0.0760. The van der Waals surface area contributed by atoms with Crippen molar-refractivity contribution in [2.45, 2.75) is 76.6 Å². The number of benzene rings is 4. The summed E-state index contributed by atoms with van der Waals surface area (Å²) in [5.74, 6) is 1.29. The molecular weight excluding hydrogens is 672 g/mol. The van der Waals surface area contributed by atoms with E-state index in [4.69, 9.17) is 24.7 Å². The highest BCUT2D eigenvalue weighted by molar-refractivity contribution is 5.93. The molecule has 0 aliphatic carbocycles. The molecule has 2 aliphatic rings. The fourth-order valence-corrected chi connectivity index (χ4v) is 6.98. The van der Waals surface area contributed by atoms with Crippen molar-refractivity contribution < 1.29 is 33.6 Å². The number of hydrogen-bond donors (Lipinski definition) is 4. The van der Waals surface area contributed by atoms with Gasteiger partial charge < -0.3 is 40.4 Å². The number of rotatable bonds is 15. The van der Waals surface area contributed by atoms with Crippen LogP contribution in [0.15, 0.2) is 84.9 Å². The predicted molar refractivity (Wildman–Crippen MR) is 205 cm³/mol. The highest BCUT2D eigenvalue weighted by atomic mass is 16.7. The van der Waals surface area contributed by atoms with Crippen LogP contribution in [0.1, 0.15) is 78.7 Å². The van der Waals surface area contributed by atoms with E-state index >= 15 is 0 Å². The molecule has 0 spiro atoms. The molecule has 53 heavy (non-hydrogen) atoms. The van der Waals surface area contributed by atoms with Crippen LogP contribution in [0.5, 0.6) is 11.5 Å². The lowest BCUT2D eigenvalue weighted by Crippen LogP contribution is -2.41. The van der Waals surface area contributed by atoms with E-state index in [-0.39, 0.29) is 30.6 Å². The molecular formula is C42H50N4O7. The zero-order valence-corrected chi connectivity index (χ0v) is 30.5. The van der Waals surface area contributed by atoms with Crippen LogP contribution >= 0.6 is 0 Å². The van der Waals surface area contributed by atoms with Crippen LogP contribution in [0.2, 0.25) is 0 Å². The van der Waals surface area contributed by atoms with Crippen molar-refractivity contribution >= 4 is 28.9 Å². The van der Waals surface area contributed by atoms with Crippen molar-refractivity contribution in [1.29, 1.82) is 0 Å². The Balaban J connectivity index is 1.06. The van der Waals surface area contributed by atoms with Gasteiger partial charge in [-0.1, -0.05) is 55.0 Å². The van der Waals surface area contributed by atoms with Crippen molar-refractivity contribution in [3.8, 4) is 11.5 Å². The summed E-state index contributed by atoms with van der Waals surface area (Å²) in [7, 11) is 3.32. The summed E-state index contributed by atoms with van der Waals surface area (Å²) < 4.78 is 24.4. The number of methoxy groups -OCH3 is 2. The van der Waals surface area contributed by atoms with E-state index in [9.17, 15) is 14.7 Å². The Morgan fingerprint density at radius 3 is 2.26 bits per heavy atom. The van der Waals surface area contributed by atoms with Crippen molar-refractivity contribution in [3.05, 3.63) is 113 Å². The van der Waals surface area contributed by atoms with Crippen molar-refractivity contribution in [3.63, 3.8) is 0 Å². The third-order valence-corrected chi connectivity index (χ3v) is 9.86. The zero-order valence-electron chi connectivity index (χ0n) is 30.5. The molecule has 11 nitrogen and oxygen atoms in total. The number of aliphatic hydroxyl groups excluding tert-OH is 1. The normalized spacial score (nSPS) is 18.5. The number of hydrogen-bond acceptors (Lipinski definition) is 9. The molecule has 2 aliphatic heterocycles. The summed E-state index contributed by atoms with van der Waals surface area (Å²) in [6.45, 7) is 2.36. The maximum atomic E-state index is 12.9. The lowest BCUT2D eigenvalue weighted by molar-refractivity contribution is -0.253. The van der Waals surface area contributed by atoms with Gasteiger partial charge in [0.15, 0.2) is 17.8 Å². The minimum atomic E-state index is -0.646. The summed E-state index contributed by atoms with van der Waals surface area (Å²) in [6.07, 6.45) is 3.38. The first-order chi connectivity index (χ1) is 25.8. The first-order valence-electron chi connectivity index (χ1n) is 18.3. The number of aliphatic hydroxyl groups is 1. The van der Waals surface area contributed by atoms with E-state index in [0.717, 1.165) is 60.7 Å². The fourth-order valence-electron chi connectivity index (χ4n) is 6.98.